The van der Waals surface area contributed by atoms with Crippen LogP contribution in [0.3, 0.4) is 0 Å². The van der Waals surface area contributed by atoms with Gasteiger partial charge in [-0.3, -0.25) is 0 Å². The monoisotopic (exact) mass is 398 g/mol. The average Bonchev–Trinajstić information content (AvgIpc) is 2.74. The van der Waals surface area contributed by atoms with Crippen molar-refractivity contribution in [3.05, 3.63) is 47.0 Å². The molecule has 3 rings (SSSR count). The largest absolute Gasteiger partial charge is 0.462 e. The predicted molar refractivity (Wildman–Crippen MR) is 118 cm³/mol. The third kappa shape index (κ3) is 5.94. The van der Waals surface area contributed by atoms with Gasteiger partial charge in [0, 0.05) is 12.0 Å². The first-order chi connectivity index (χ1) is 14.0. The summed E-state index contributed by atoms with van der Waals surface area (Å²) in [5.74, 6) is 3.10. The molecule has 0 radical (unpaired) electrons. The van der Waals surface area contributed by atoms with E-state index in [1.165, 1.54) is 56.9 Å². The highest BCUT2D eigenvalue weighted by Crippen LogP contribution is 2.44. The van der Waals surface area contributed by atoms with Crippen LogP contribution in [0.2, 0.25) is 0 Å². The van der Waals surface area contributed by atoms with Crippen molar-refractivity contribution in [1.29, 1.82) is 0 Å². The molecule has 0 heterocycles. The summed E-state index contributed by atoms with van der Waals surface area (Å²) in [5, 5.41) is 9.69. The number of carbonyl (C=O) groups excluding carboxylic acids is 1. The molecule has 0 spiro atoms. The van der Waals surface area contributed by atoms with Gasteiger partial charge in [0.2, 0.25) is 0 Å². The van der Waals surface area contributed by atoms with E-state index in [9.17, 15) is 9.90 Å². The molecular formula is C26H38O3. The quantitative estimate of drug-likeness (QED) is 0.457. The number of hydrogen-bond acceptors (Lipinski definition) is 3. The van der Waals surface area contributed by atoms with Crippen LogP contribution in [0.1, 0.15) is 87.8 Å². The van der Waals surface area contributed by atoms with Gasteiger partial charge in [0.25, 0.3) is 0 Å². The van der Waals surface area contributed by atoms with Gasteiger partial charge < -0.3 is 9.84 Å². The Labute approximate surface area is 176 Å². The van der Waals surface area contributed by atoms with Crippen LogP contribution >= 0.6 is 0 Å². The molecule has 160 valence electrons. The van der Waals surface area contributed by atoms with Crippen LogP contribution in [0.15, 0.2) is 30.4 Å². The minimum atomic E-state index is -0.345. The van der Waals surface area contributed by atoms with Gasteiger partial charge >= 0.3 is 5.97 Å². The van der Waals surface area contributed by atoms with Gasteiger partial charge in [0.1, 0.15) is 0 Å². The zero-order valence-corrected chi connectivity index (χ0v) is 18.3. The Hall–Kier alpha value is -1.61. The van der Waals surface area contributed by atoms with E-state index in [0.29, 0.717) is 24.5 Å². The van der Waals surface area contributed by atoms with Gasteiger partial charge in [0.15, 0.2) is 0 Å². The Balaban J connectivity index is 1.56. The Morgan fingerprint density at radius 1 is 1.03 bits per heavy atom. The van der Waals surface area contributed by atoms with Crippen molar-refractivity contribution < 1.29 is 14.6 Å². The second-order valence-electron chi connectivity index (χ2n) is 9.48. The molecule has 2 fully saturated rings. The minimum absolute atomic E-state index is 0.0247. The Bertz CT molecular complexity index is 692. The van der Waals surface area contributed by atoms with E-state index in [1.54, 1.807) is 6.92 Å². The van der Waals surface area contributed by atoms with Crippen molar-refractivity contribution in [1.82, 2.24) is 0 Å². The molecular weight excluding hydrogens is 360 g/mol. The molecule has 1 aromatic rings. The van der Waals surface area contributed by atoms with Gasteiger partial charge in [-0.15, -0.1) is 0 Å². The summed E-state index contributed by atoms with van der Waals surface area (Å²) in [6.07, 6.45) is 11.6. The number of hydrogen-bond donors (Lipinski definition) is 1. The highest BCUT2D eigenvalue weighted by molar-refractivity contribution is 5.86. The number of aliphatic hydroxyl groups is 1. The van der Waals surface area contributed by atoms with Crippen molar-refractivity contribution in [3.63, 3.8) is 0 Å². The van der Waals surface area contributed by atoms with Crippen LogP contribution in [0, 0.1) is 17.8 Å². The number of rotatable bonds is 7. The fraction of sp³-hybridized carbons (Fsp3) is 0.654. The molecule has 0 bridgehead atoms. The standard InChI is InChI=1S/C26H38O3/c1-18(2)26(28)29-15-14-24-16-23(12-13-25(24)17-27)22-10-8-21(9-11-22)20-6-4-19(3)5-7-20/h12-13,16,19-22,27H,1,4-11,14-15,17H2,2-3H3. The highest BCUT2D eigenvalue weighted by atomic mass is 16.5. The lowest BCUT2D eigenvalue weighted by atomic mass is 9.68. The molecule has 3 nitrogen and oxygen atoms in total. The van der Waals surface area contributed by atoms with E-state index in [2.05, 4.69) is 31.7 Å². The number of benzene rings is 1. The lowest BCUT2D eigenvalue weighted by Gasteiger charge is -2.37. The highest BCUT2D eigenvalue weighted by Gasteiger charge is 2.30. The smallest absolute Gasteiger partial charge is 0.333 e. The number of carbonyl (C=O) groups is 1. The van der Waals surface area contributed by atoms with E-state index < -0.39 is 0 Å². The number of esters is 1. The molecule has 1 aromatic carbocycles. The van der Waals surface area contributed by atoms with Crippen LogP contribution in [-0.4, -0.2) is 17.7 Å². The molecule has 0 unspecified atom stereocenters. The molecule has 2 aliphatic carbocycles. The number of ether oxygens (including phenoxy) is 1. The SMILES string of the molecule is C=C(C)C(=O)OCCc1cc(C2CCC(C3CCC(C)CC3)CC2)ccc1CO. The van der Waals surface area contributed by atoms with Crippen LogP contribution in [0.5, 0.6) is 0 Å². The van der Waals surface area contributed by atoms with Crippen molar-refractivity contribution in [2.24, 2.45) is 17.8 Å². The first kappa shape index (κ1) is 22.1. The maximum Gasteiger partial charge on any atom is 0.333 e. The predicted octanol–water partition coefficient (Wildman–Crippen LogP) is 5.94. The summed E-state index contributed by atoms with van der Waals surface area (Å²) in [5.41, 5.74) is 3.84. The molecule has 1 N–H and O–H groups in total. The summed E-state index contributed by atoms with van der Waals surface area (Å²) in [6.45, 7) is 8.03. The maximum absolute atomic E-state index is 11.6. The summed E-state index contributed by atoms with van der Waals surface area (Å²) >= 11 is 0. The zero-order chi connectivity index (χ0) is 20.8. The van der Waals surface area contributed by atoms with Gasteiger partial charge in [-0.05, 0) is 85.8 Å². The lowest BCUT2D eigenvalue weighted by molar-refractivity contribution is -0.138. The van der Waals surface area contributed by atoms with Gasteiger partial charge in [-0.1, -0.05) is 44.5 Å². The molecule has 29 heavy (non-hydrogen) atoms. The van der Waals surface area contributed by atoms with Crippen molar-refractivity contribution >= 4 is 5.97 Å². The fourth-order valence-corrected chi connectivity index (χ4v) is 5.34. The molecule has 0 atom stereocenters. The van der Waals surface area contributed by atoms with E-state index in [-0.39, 0.29) is 12.6 Å². The number of aliphatic hydroxyl groups excluding tert-OH is 1. The molecule has 0 amide bonds. The van der Waals surface area contributed by atoms with Crippen LogP contribution in [-0.2, 0) is 22.6 Å². The summed E-state index contributed by atoms with van der Waals surface area (Å²) in [7, 11) is 0. The zero-order valence-electron chi connectivity index (χ0n) is 18.3. The first-order valence-electron chi connectivity index (χ1n) is 11.5. The first-order valence-corrected chi connectivity index (χ1v) is 11.5. The van der Waals surface area contributed by atoms with Crippen molar-refractivity contribution in [2.45, 2.75) is 84.2 Å². The van der Waals surface area contributed by atoms with Gasteiger partial charge in [-0.25, -0.2) is 4.79 Å². The maximum atomic E-state index is 11.6. The van der Waals surface area contributed by atoms with E-state index in [1.807, 2.05) is 0 Å². The van der Waals surface area contributed by atoms with E-state index in [4.69, 9.17) is 4.74 Å². The topological polar surface area (TPSA) is 46.5 Å². The third-order valence-corrected chi connectivity index (χ3v) is 7.32. The lowest BCUT2D eigenvalue weighted by Crippen LogP contribution is -2.24. The van der Waals surface area contributed by atoms with E-state index >= 15 is 0 Å². The van der Waals surface area contributed by atoms with E-state index in [0.717, 1.165) is 28.9 Å². The Kier molecular flexibility index (Phi) is 7.94. The second-order valence-corrected chi connectivity index (χ2v) is 9.48. The van der Waals surface area contributed by atoms with Crippen LogP contribution < -0.4 is 0 Å². The third-order valence-electron chi connectivity index (χ3n) is 7.32. The summed E-state index contributed by atoms with van der Waals surface area (Å²) in [4.78, 5) is 11.6. The minimum Gasteiger partial charge on any atom is -0.462 e. The van der Waals surface area contributed by atoms with Crippen molar-refractivity contribution in [2.75, 3.05) is 6.61 Å². The van der Waals surface area contributed by atoms with Crippen LogP contribution in [0.25, 0.3) is 0 Å². The fourth-order valence-electron chi connectivity index (χ4n) is 5.34. The summed E-state index contributed by atoms with van der Waals surface area (Å²) < 4.78 is 5.26. The molecule has 2 saturated carbocycles. The Morgan fingerprint density at radius 3 is 2.24 bits per heavy atom. The molecule has 0 aliphatic heterocycles. The van der Waals surface area contributed by atoms with Crippen molar-refractivity contribution in [3.8, 4) is 0 Å². The van der Waals surface area contributed by atoms with Gasteiger partial charge in [-0.2, -0.15) is 0 Å². The molecule has 2 aliphatic rings. The second kappa shape index (κ2) is 10.4. The summed E-state index contributed by atoms with van der Waals surface area (Å²) in [6, 6.07) is 6.50. The average molecular weight is 399 g/mol. The normalized spacial score (nSPS) is 27.4. The molecule has 0 saturated heterocycles. The Morgan fingerprint density at radius 2 is 1.66 bits per heavy atom. The van der Waals surface area contributed by atoms with Crippen LogP contribution in [0.4, 0.5) is 0 Å². The van der Waals surface area contributed by atoms with Gasteiger partial charge in [0.05, 0.1) is 13.2 Å². The molecule has 0 aromatic heterocycles. The molecule has 3 heteroatoms.